The minimum Gasteiger partial charge on any atom is -0.306 e. The van der Waals surface area contributed by atoms with E-state index in [1.807, 2.05) is 6.92 Å². The molecule has 0 aliphatic carbocycles. The summed E-state index contributed by atoms with van der Waals surface area (Å²) in [5.74, 6) is -0.127. The standard InChI is InChI=1S/C12H9BrClFN2O/c1-2-9-10(13)12(18)17-11(16-9)6-3-4-8(15)7(14)5-6/h3-5H,2H2,1H3,(H,16,17,18). The van der Waals surface area contributed by atoms with Gasteiger partial charge in [-0.2, -0.15) is 0 Å². The third-order valence-electron chi connectivity index (χ3n) is 2.46. The number of rotatable bonds is 2. The molecule has 1 aromatic heterocycles. The predicted octanol–water partition coefficient (Wildman–Crippen LogP) is 3.55. The Morgan fingerprint density at radius 2 is 2.22 bits per heavy atom. The van der Waals surface area contributed by atoms with Gasteiger partial charge in [0.2, 0.25) is 0 Å². The highest BCUT2D eigenvalue weighted by Gasteiger charge is 2.10. The molecule has 0 unspecified atom stereocenters. The van der Waals surface area contributed by atoms with Crippen LogP contribution in [0.5, 0.6) is 0 Å². The second kappa shape index (κ2) is 5.20. The molecule has 0 aliphatic rings. The third kappa shape index (κ3) is 2.47. The summed E-state index contributed by atoms with van der Waals surface area (Å²) in [6.45, 7) is 1.90. The lowest BCUT2D eigenvalue weighted by atomic mass is 10.2. The Labute approximate surface area is 116 Å². The van der Waals surface area contributed by atoms with Crippen LogP contribution in [0.1, 0.15) is 12.6 Å². The molecule has 0 atom stereocenters. The fraction of sp³-hybridized carbons (Fsp3) is 0.167. The van der Waals surface area contributed by atoms with Crippen molar-refractivity contribution < 1.29 is 4.39 Å². The van der Waals surface area contributed by atoms with E-state index < -0.39 is 5.82 Å². The van der Waals surface area contributed by atoms with Crippen molar-refractivity contribution >= 4 is 27.5 Å². The van der Waals surface area contributed by atoms with E-state index in [1.54, 1.807) is 0 Å². The van der Waals surface area contributed by atoms with E-state index in [1.165, 1.54) is 18.2 Å². The highest BCUT2D eigenvalue weighted by molar-refractivity contribution is 9.10. The van der Waals surface area contributed by atoms with Gasteiger partial charge >= 0.3 is 0 Å². The van der Waals surface area contributed by atoms with Crippen molar-refractivity contribution in [2.75, 3.05) is 0 Å². The molecule has 0 aliphatic heterocycles. The van der Waals surface area contributed by atoms with Crippen LogP contribution < -0.4 is 5.56 Å². The third-order valence-corrected chi connectivity index (χ3v) is 3.57. The Morgan fingerprint density at radius 3 is 2.83 bits per heavy atom. The van der Waals surface area contributed by atoms with Crippen LogP contribution in [0.15, 0.2) is 27.5 Å². The maximum atomic E-state index is 13.1. The van der Waals surface area contributed by atoms with E-state index in [-0.39, 0.29) is 10.6 Å². The molecule has 94 valence electrons. The van der Waals surface area contributed by atoms with Gasteiger partial charge in [-0.25, -0.2) is 9.37 Å². The van der Waals surface area contributed by atoms with E-state index in [9.17, 15) is 9.18 Å². The number of nitrogens with zero attached hydrogens (tertiary/aromatic N) is 1. The van der Waals surface area contributed by atoms with E-state index in [0.717, 1.165) is 0 Å². The van der Waals surface area contributed by atoms with Crippen LogP contribution in [-0.4, -0.2) is 9.97 Å². The molecule has 2 aromatic rings. The monoisotopic (exact) mass is 330 g/mol. The number of hydrogen-bond acceptors (Lipinski definition) is 2. The fourth-order valence-corrected chi connectivity index (χ4v) is 2.17. The van der Waals surface area contributed by atoms with Crippen molar-refractivity contribution in [3.8, 4) is 11.4 Å². The Balaban J connectivity index is 2.60. The first-order chi connectivity index (χ1) is 8.52. The second-order valence-electron chi connectivity index (χ2n) is 3.66. The molecule has 0 fully saturated rings. The van der Waals surface area contributed by atoms with E-state index in [2.05, 4.69) is 25.9 Å². The number of hydrogen-bond donors (Lipinski definition) is 1. The topological polar surface area (TPSA) is 45.8 Å². The number of H-pyrrole nitrogens is 1. The van der Waals surface area contributed by atoms with Gasteiger partial charge in [0.05, 0.1) is 10.7 Å². The van der Waals surface area contributed by atoms with Crippen LogP contribution in [0.25, 0.3) is 11.4 Å². The fourth-order valence-electron chi connectivity index (χ4n) is 1.52. The first-order valence-corrected chi connectivity index (χ1v) is 6.44. The maximum absolute atomic E-state index is 13.1. The molecule has 0 spiro atoms. The Hall–Kier alpha value is -1.20. The molecule has 0 bridgehead atoms. The summed E-state index contributed by atoms with van der Waals surface area (Å²) in [4.78, 5) is 18.6. The van der Waals surface area contributed by atoms with E-state index in [4.69, 9.17) is 11.6 Å². The molecular weight excluding hydrogens is 322 g/mol. The van der Waals surface area contributed by atoms with Gasteiger partial charge < -0.3 is 4.98 Å². The first-order valence-electron chi connectivity index (χ1n) is 5.27. The summed E-state index contributed by atoms with van der Waals surface area (Å²) >= 11 is 8.89. The summed E-state index contributed by atoms with van der Waals surface area (Å²) < 4.78 is 13.5. The lowest BCUT2D eigenvalue weighted by Crippen LogP contribution is -2.13. The lowest BCUT2D eigenvalue weighted by molar-refractivity contribution is 0.628. The number of aryl methyl sites for hydroxylation is 1. The maximum Gasteiger partial charge on any atom is 0.265 e. The van der Waals surface area contributed by atoms with E-state index in [0.29, 0.717) is 28.0 Å². The van der Waals surface area contributed by atoms with Gasteiger partial charge in [0, 0.05) is 5.56 Å². The molecule has 6 heteroatoms. The SMILES string of the molecule is CCc1nc(-c2ccc(F)c(Cl)c2)[nH]c(=O)c1Br. The Kier molecular flexibility index (Phi) is 3.82. The molecule has 1 aromatic carbocycles. The van der Waals surface area contributed by atoms with Gasteiger partial charge in [-0.3, -0.25) is 4.79 Å². The van der Waals surface area contributed by atoms with Crippen molar-refractivity contribution in [1.82, 2.24) is 9.97 Å². The average molecular weight is 332 g/mol. The number of aromatic nitrogens is 2. The zero-order valence-electron chi connectivity index (χ0n) is 9.43. The lowest BCUT2D eigenvalue weighted by Gasteiger charge is -2.05. The van der Waals surface area contributed by atoms with Crippen LogP contribution in [0, 0.1) is 5.82 Å². The van der Waals surface area contributed by atoms with Crippen LogP contribution >= 0.6 is 27.5 Å². The Morgan fingerprint density at radius 1 is 1.50 bits per heavy atom. The molecule has 1 heterocycles. The van der Waals surface area contributed by atoms with Gasteiger partial charge in [-0.15, -0.1) is 0 Å². The predicted molar refractivity (Wildman–Crippen MR) is 72.3 cm³/mol. The van der Waals surface area contributed by atoms with Crippen LogP contribution in [-0.2, 0) is 6.42 Å². The highest BCUT2D eigenvalue weighted by atomic mass is 79.9. The summed E-state index contributed by atoms with van der Waals surface area (Å²) in [5, 5.41) is -0.00360. The van der Waals surface area contributed by atoms with Crippen LogP contribution in [0.4, 0.5) is 4.39 Å². The molecule has 18 heavy (non-hydrogen) atoms. The van der Waals surface area contributed by atoms with Crippen LogP contribution in [0.2, 0.25) is 5.02 Å². The molecule has 3 nitrogen and oxygen atoms in total. The van der Waals surface area contributed by atoms with Crippen molar-refractivity contribution in [1.29, 1.82) is 0 Å². The zero-order valence-corrected chi connectivity index (χ0v) is 11.8. The zero-order chi connectivity index (χ0) is 13.3. The second-order valence-corrected chi connectivity index (χ2v) is 4.86. The normalized spacial score (nSPS) is 10.7. The highest BCUT2D eigenvalue weighted by Crippen LogP contribution is 2.23. The minimum absolute atomic E-state index is 0.00360. The molecule has 0 radical (unpaired) electrons. The van der Waals surface area contributed by atoms with Gasteiger partial charge in [0.1, 0.15) is 16.1 Å². The van der Waals surface area contributed by atoms with Crippen molar-refractivity contribution in [3.63, 3.8) is 0 Å². The van der Waals surface area contributed by atoms with Gasteiger partial charge in [0.15, 0.2) is 0 Å². The van der Waals surface area contributed by atoms with Gasteiger partial charge in [-0.1, -0.05) is 18.5 Å². The quantitative estimate of drug-likeness (QED) is 0.914. The number of benzene rings is 1. The van der Waals surface area contributed by atoms with Crippen molar-refractivity contribution in [3.05, 3.63) is 49.6 Å². The molecular formula is C12H9BrClFN2O. The number of halogens is 3. The summed E-state index contributed by atoms with van der Waals surface area (Å²) in [6.07, 6.45) is 0.617. The smallest absolute Gasteiger partial charge is 0.265 e. The minimum atomic E-state index is -0.504. The largest absolute Gasteiger partial charge is 0.306 e. The van der Waals surface area contributed by atoms with Gasteiger partial charge in [0.25, 0.3) is 5.56 Å². The summed E-state index contributed by atoms with van der Waals surface area (Å²) in [6, 6.07) is 4.20. The number of aromatic amines is 1. The molecule has 0 saturated carbocycles. The molecule has 1 N–H and O–H groups in total. The van der Waals surface area contributed by atoms with E-state index >= 15 is 0 Å². The van der Waals surface area contributed by atoms with Gasteiger partial charge in [-0.05, 0) is 40.5 Å². The summed E-state index contributed by atoms with van der Waals surface area (Å²) in [7, 11) is 0. The number of nitrogens with one attached hydrogen (secondary N) is 1. The molecule has 0 amide bonds. The molecule has 0 saturated heterocycles. The average Bonchev–Trinajstić information content (AvgIpc) is 2.36. The van der Waals surface area contributed by atoms with Crippen LogP contribution in [0.3, 0.4) is 0 Å². The van der Waals surface area contributed by atoms with Crippen molar-refractivity contribution in [2.24, 2.45) is 0 Å². The first kappa shape index (κ1) is 13.2. The molecule has 2 rings (SSSR count). The summed E-state index contributed by atoms with van der Waals surface area (Å²) in [5.41, 5.74) is 0.951. The Bertz CT molecular complexity index is 657. The van der Waals surface area contributed by atoms with Crippen molar-refractivity contribution in [2.45, 2.75) is 13.3 Å².